The van der Waals surface area contributed by atoms with Crippen molar-refractivity contribution in [3.63, 3.8) is 0 Å². The summed E-state index contributed by atoms with van der Waals surface area (Å²) >= 11 is 0. The molecule has 1 atom stereocenters. The number of benzene rings is 2. The number of halogens is 1. The van der Waals surface area contributed by atoms with E-state index >= 15 is 0 Å². The van der Waals surface area contributed by atoms with E-state index in [1.807, 2.05) is 37.3 Å². The zero-order chi connectivity index (χ0) is 18.1. The van der Waals surface area contributed by atoms with Gasteiger partial charge in [-0.1, -0.05) is 30.3 Å². The molecule has 0 unspecified atom stereocenters. The summed E-state index contributed by atoms with van der Waals surface area (Å²) in [6.07, 6.45) is 0.424. The number of ether oxygens (including phenoxy) is 1. The summed E-state index contributed by atoms with van der Waals surface area (Å²) in [7, 11) is 0. The smallest absolute Gasteiger partial charge is 0.243 e. The Morgan fingerprint density at radius 1 is 1.08 bits per heavy atom. The summed E-state index contributed by atoms with van der Waals surface area (Å²) in [6, 6.07) is 15.8. The summed E-state index contributed by atoms with van der Waals surface area (Å²) in [6.45, 7) is 2.36. The normalized spacial score (nSPS) is 11.0. The number of carbonyl (C=O) groups is 2. The summed E-state index contributed by atoms with van der Waals surface area (Å²) in [4.78, 5) is 23.9. The molecule has 140 valence electrons. The predicted octanol–water partition coefficient (Wildman–Crippen LogP) is 2.13. The van der Waals surface area contributed by atoms with Gasteiger partial charge in [0.2, 0.25) is 11.8 Å². The van der Waals surface area contributed by atoms with Crippen LogP contribution in [0.4, 0.5) is 5.69 Å². The van der Waals surface area contributed by atoms with Crippen molar-refractivity contribution in [1.82, 2.24) is 5.32 Å². The first-order chi connectivity index (χ1) is 12.1. The van der Waals surface area contributed by atoms with E-state index in [2.05, 4.69) is 10.6 Å². The highest BCUT2D eigenvalue weighted by Gasteiger charge is 2.15. The van der Waals surface area contributed by atoms with Crippen molar-refractivity contribution in [2.75, 3.05) is 18.5 Å². The zero-order valence-corrected chi connectivity index (χ0v) is 15.4. The number of hydrogen-bond donors (Lipinski definition) is 3. The Morgan fingerprint density at radius 3 is 2.35 bits per heavy atom. The number of nitrogens with two attached hydrogens (primary N) is 1. The monoisotopic (exact) mass is 377 g/mol. The number of amides is 2. The average molecular weight is 378 g/mol. The highest BCUT2D eigenvalue weighted by atomic mass is 35.5. The van der Waals surface area contributed by atoms with Gasteiger partial charge in [0.05, 0.1) is 19.2 Å². The van der Waals surface area contributed by atoms with Crippen molar-refractivity contribution < 1.29 is 14.3 Å². The minimum atomic E-state index is -0.694. The Bertz CT molecular complexity index is 693. The maximum absolute atomic E-state index is 12.0. The fourth-order valence-electron chi connectivity index (χ4n) is 2.27. The van der Waals surface area contributed by atoms with Gasteiger partial charge in [0, 0.05) is 5.69 Å². The van der Waals surface area contributed by atoms with Crippen LogP contribution >= 0.6 is 12.4 Å². The molecule has 0 aliphatic carbocycles. The minimum Gasteiger partial charge on any atom is -0.494 e. The van der Waals surface area contributed by atoms with Crippen LogP contribution in [-0.2, 0) is 16.0 Å². The Labute approximate surface area is 159 Å². The minimum absolute atomic E-state index is 0. The van der Waals surface area contributed by atoms with E-state index in [0.29, 0.717) is 18.7 Å². The molecule has 7 heteroatoms. The molecular formula is C19H24ClN3O3. The van der Waals surface area contributed by atoms with E-state index in [0.717, 1.165) is 11.3 Å². The molecule has 26 heavy (non-hydrogen) atoms. The van der Waals surface area contributed by atoms with Gasteiger partial charge in [0.15, 0.2) is 0 Å². The largest absolute Gasteiger partial charge is 0.494 e. The molecule has 0 spiro atoms. The van der Waals surface area contributed by atoms with Gasteiger partial charge in [-0.3, -0.25) is 9.59 Å². The molecule has 2 amide bonds. The maximum atomic E-state index is 12.0. The molecule has 0 radical (unpaired) electrons. The van der Waals surface area contributed by atoms with E-state index in [9.17, 15) is 9.59 Å². The molecule has 0 heterocycles. The van der Waals surface area contributed by atoms with Crippen molar-refractivity contribution in [3.05, 3.63) is 60.2 Å². The van der Waals surface area contributed by atoms with Crippen LogP contribution in [0.3, 0.4) is 0 Å². The summed E-state index contributed by atoms with van der Waals surface area (Å²) < 4.78 is 5.34. The number of anilines is 1. The molecule has 0 saturated heterocycles. The van der Waals surface area contributed by atoms with Crippen molar-refractivity contribution in [2.45, 2.75) is 19.4 Å². The lowest BCUT2D eigenvalue weighted by atomic mass is 10.1. The Morgan fingerprint density at radius 2 is 1.73 bits per heavy atom. The van der Waals surface area contributed by atoms with Gasteiger partial charge >= 0.3 is 0 Å². The third-order valence-corrected chi connectivity index (χ3v) is 3.51. The van der Waals surface area contributed by atoms with Crippen LogP contribution in [-0.4, -0.2) is 31.0 Å². The summed E-state index contributed by atoms with van der Waals surface area (Å²) in [5.41, 5.74) is 7.49. The molecule has 0 bridgehead atoms. The first-order valence-corrected chi connectivity index (χ1v) is 8.18. The fourth-order valence-corrected chi connectivity index (χ4v) is 2.27. The van der Waals surface area contributed by atoms with Crippen LogP contribution < -0.4 is 21.1 Å². The highest BCUT2D eigenvalue weighted by molar-refractivity contribution is 5.95. The molecular weight excluding hydrogens is 354 g/mol. The molecule has 2 aromatic carbocycles. The maximum Gasteiger partial charge on any atom is 0.243 e. The molecule has 0 aliphatic heterocycles. The van der Waals surface area contributed by atoms with Gasteiger partial charge in [-0.2, -0.15) is 0 Å². The first kappa shape index (κ1) is 21.5. The molecule has 0 saturated carbocycles. The van der Waals surface area contributed by atoms with Crippen molar-refractivity contribution >= 4 is 29.9 Å². The van der Waals surface area contributed by atoms with Gasteiger partial charge in [0.1, 0.15) is 5.75 Å². The second kappa shape index (κ2) is 11.1. The molecule has 0 aliphatic rings. The molecule has 6 nitrogen and oxygen atoms in total. The lowest BCUT2D eigenvalue weighted by molar-refractivity contribution is -0.125. The third kappa shape index (κ3) is 7.13. The Hall–Kier alpha value is -2.57. The number of nitrogens with one attached hydrogen (secondary N) is 2. The Balaban J connectivity index is 0.00000338. The second-order valence-corrected chi connectivity index (χ2v) is 5.52. The Kier molecular flexibility index (Phi) is 9.19. The quantitative estimate of drug-likeness (QED) is 0.657. The zero-order valence-electron chi connectivity index (χ0n) is 14.6. The van der Waals surface area contributed by atoms with Gasteiger partial charge in [-0.25, -0.2) is 0 Å². The van der Waals surface area contributed by atoms with Crippen LogP contribution in [0.1, 0.15) is 12.5 Å². The van der Waals surface area contributed by atoms with Gasteiger partial charge in [0.25, 0.3) is 0 Å². The SMILES string of the molecule is CCOc1ccc(NC(=O)CNC(=O)[C@@H](N)Cc2ccccc2)cc1.Cl. The highest BCUT2D eigenvalue weighted by Crippen LogP contribution is 2.15. The first-order valence-electron chi connectivity index (χ1n) is 8.18. The van der Waals surface area contributed by atoms with Crippen LogP contribution in [0.25, 0.3) is 0 Å². The van der Waals surface area contributed by atoms with Crippen LogP contribution in [0.15, 0.2) is 54.6 Å². The molecule has 0 fully saturated rings. The van der Waals surface area contributed by atoms with Crippen LogP contribution in [0.2, 0.25) is 0 Å². The number of hydrogen-bond acceptors (Lipinski definition) is 4. The van der Waals surface area contributed by atoms with Crippen LogP contribution in [0.5, 0.6) is 5.75 Å². The lowest BCUT2D eigenvalue weighted by Gasteiger charge is -2.12. The van der Waals surface area contributed by atoms with Crippen molar-refractivity contribution in [1.29, 1.82) is 0 Å². The molecule has 4 N–H and O–H groups in total. The number of rotatable bonds is 8. The fraction of sp³-hybridized carbons (Fsp3) is 0.263. The standard InChI is InChI=1S/C19H23N3O3.ClH/c1-2-25-16-10-8-15(9-11-16)22-18(23)13-21-19(24)17(20)12-14-6-4-3-5-7-14;/h3-11,17H,2,12-13,20H2,1H3,(H,21,24)(H,22,23);1H/t17-;/m0./s1. The topological polar surface area (TPSA) is 93.5 Å². The van der Waals surface area contributed by atoms with Crippen molar-refractivity contribution in [3.8, 4) is 5.75 Å². The second-order valence-electron chi connectivity index (χ2n) is 5.52. The van der Waals surface area contributed by atoms with E-state index in [4.69, 9.17) is 10.5 Å². The van der Waals surface area contributed by atoms with E-state index in [1.165, 1.54) is 0 Å². The van der Waals surface area contributed by atoms with E-state index < -0.39 is 6.04 Å². The molecule has 2 rings (SSSR count). The van der Waals surface area contributed by atoms with Gasteiger partial charge in [-0.15, -0.1) is 12.4 Å². The number of carbonyl (C=O) groups excluding carboxylic acids is 2. The van der Waals surface area contributed by atoms with E-state index in [1.54, 1.807) is 24.3 Å². The van der Waals surface area contributed by atoms with Gasteiger partial charge < -0.3 is 21.1 Å². The molecule has 0 aromatic heterocycles. The lowest BCUT2D eigenvalue weighted by Crippen LogP contribution is -2.44. The van der Waals surface area contributed by atoms with Gasteiger partial charge in [-0.05, 0) is 43.2 Å². The van der Waals surface area contributed by atoms with E-state index in [-0.39, 0.29) is 30.8 Å². The predicted molar refractivity (Wildman–Crippen MR) is 105 cm³/mol. The van der Waals surface area contributed by atoms with Crippen LogP contribution in [0, 0.1) is 0 Å². The third-order valence-electron chi connectivity index (χ3n) is 3.51. The van der Waals surface area contributed by atoms with Crippen molar-refractivity contribution in [2.24, 2.45) is 5.73 Å². The average Bonchev–Trinajstić information content (AvgIpc) is 2.62. The molecule has 2 aromatic rings. The summed E-state index contributed by atoms with van der Waals surface area (Å²) in [5, 5.41) is 5.26. The summed E-state index contributed by atoms with van der Waals surface area (Å²) in [5.74, 6) is 0.0656.